The van der Waals surface area contributed by atoms with Gasteiger partial charge in [0.1, 0.15) is 5.82 Å². The first-order chi connectivity index (χ1) is 11.3. The SMILES string of the molecule is O=C(CCCOc1ccc(F)cc1F)N1CCC(O)(C(=O)O)CC1. The molecule has 1 aliphatic heterocycles. The van der Waals surface area contributed by atoms with E-state index in [9.17, 15) is 23.5 Å². The number of piperidine rings is 1. The number of carbonyl (C=O) groups excluding carboxylic acids is 1. The van der Waals surface area contributed by atoms with Gasteiger partial charge in [0.2, 0.25) is 5.91 Å². The van der Waals surface area contributed by atoms with Crippen molar-refractivity contribution in [2.75, 3.05) is 19.7 Å². The van der Waals surface area contributed by atoms with E-state index in [2.05, 4.69) is 0 Å². The Balaban J connectivity index is 1.71. The number of amides is 1. The van der Waals surface area contributed by atoms with Crippen LogP contribution in [0.5, 0.6) is 5.75 Å². The fraction of sp³-hybridized carbons (Fsp3) is 0.500. The van der Waals surface area contributed by atoms with E-state index in [1.54, 1.807) is 0 Å². The summed E-state index contributed by atoms with van der Waals surface area (Å²) in [5.74, 6) is -3.02. The normalized spacial score (nSPS) is 16.7. The lowest BCUT2D eigenvalue weighted by Crippen LogP contribution is -2.50. The molecule has 0 saturated carbocycles. The van der Waals surface area contributed by atoms with Gasteiger partial charge < -0.3 is 19.8 Å². The number of aliphatic carboxylic acids is 1. The first kappa shape index (κ1) is 18.1. The molecule has 6 nitrogen and oxygen atoms in total. The van der Waals surface area contributed by atoms with Crippen LogP contribution >= 0.6 is 0 Å². The highest BCUT2D eigenvalue weighted by atomic mass is 19.1. The van der Waals surface area contributed by atoms with Gasteiger partial charge in [-0.05, 0) is 18.6 Å². The molecule has 2 N–H and O–H groups in total. The number of benzene rings is 1. The van der Waals surface area contributed by atoms with Gasteiger partial charge in [0.15, 0.2) is 17.2 Å². The monoisotopic (exact) mass is 343 g/mol. The molecule has 0 aliphatic carbocycles. The number of carboxylic acid groups (broad SMARTS) is 1. The molecule has 1 amide bonds. The predicted octanol–water partition coefficient (Wildman–Crippen LogP) is 1.56. The van der Waals surface area contributed by atoms with Crippen LogP contribution in [0.4, 0.5) is 8.78 Å². The molecule has 132 valence electrons. The van der Waals surface area contributed by atoms with Crippen LogP contribution in [0.1, 0.15) is 25.7 Å². The fourth-order valence-corrected chi connectivity index (χ4v) is 2.50. The number of halogens is 2. The van der Waals surface area contributed by atoms with E-state index in [0.717, 1.165) is 12.1 Å². The number of ether oxygens (including phenoxy) is 1. The maximum atomic E-state index is 13.4. The Kier molecular flexibility index (Phi) is 5.71. The topological polar surface area (TPSA) is 87.1 Å². The Hall–Kier alpha value is -2.22. The molecule has 1 aromatic rings. The molecule has 1 aliphatic rings. The average Bonchev–Trinajstić information content (AvgIpc) is 2.53. The molecular weight excluding hydrogens is 324 g/mol. The van der Waals surface area contributed by atoms with Gasteiger partial charge in [-0.1, -0.05) is 0 Å². The molecule has 0 spiro atoms. The van der Waals surface area contributed by atoms with Gasteiger partial charge in [-0.2, -0.15) is 0 Å². The number of carboxylic acids is 1. The molecule has 2 rings (SSSR count). The number of likely N-dealkylation sites (tertiary alicyclic amines) is 1. The maximum Gasteiger partial charge on any atom is 0.335 e. The minimum Gasteiger partial charge on any atom is -0.491 e. The van der Waals surface area contributed by atoms with Crippen molar-refractivity contribution < 1.29 is 33.3 Å². The quantitative estimate of drug-likeness (QED) is 0.766. The molecule has 8 heteroatoms. The molecule has 1 fully saturated rings. The second kappa shape index (κ2) is 7.57. The van der Waals surface area contributed by atoms with Crippen LogP contribution in [0, 0.1) is 11.6 Å². The van der Waals surface area contributed by atoms with Crippen LogP contribution in [0.3, 0.4) is 0 Å². The fourth-order valence-electron chi connectivity index (χ4n) is 2.50. The molecule has 0 aromatic heterocycles. The van der Waals surface area contributed by atoms with E-state index < -0.39 is 23.2 Å². The summed E-state index contributed by atoms with van der Waals surface area (Å²) >= 11 is 0. The summed E-state index contributed by atoms with van der Waals surface area (Å²) in [6.07, 6.45) is 0.486. The third-order valence-electron chi connectivity index (χ3n) is 4.03. The lowest BCUT2D eigenvalue weighted by Gasteiger charge is -2.35. The zero-order valence-electron chi connectivity index (χ0n) is 13.0. The van der Waals surface area contributed by atoms with Crippen molar-refractivity contribution in [2.45, 2.75) is 31.3 Å². The molecular formula is C16H19F2NO5. The average molecular weight is 343 g/mol. The Bertz CT molecular complexity index is 614. The van der Waals surface area contributed by atoms with E-state index in [0.29, 0.717) is 6.42 Å². The lowest BCUT2D eigenvalue weighted by atomic mass is 9.91. The van der Waals surface area contributed by atoms with Crippen LogP contribution in [0.15, 0.2) is 18.2 Å². The molecule has 1 saturated heterocycles. The second-order valence-electron chi connectivity index (χ2n) is 5.74. The van der Waals surface area contributed by atoms with Crippen LogP contribution in [-0.2, 0) is 9.59 Å². The van der Waals surface area contributed by atoms with Gasteiger partial charge in [0, 0.05) is 38.4 Å². The van der Waals surface area contributed by atoms with Crippen molar-refractivity contribution in [3.63, 3.8) is 0 Å². The molecule has 0 bridgehead atoms. The third-order valence-corrected chi connectivity index (χ3v) is 4.03. The Labute approximate surface area is 137 Å². The van der Waals surface area contributed by atoms with Gasteiger partial charge in [0.05, 0.1) is 6.61 Å². The van der Waals surface area contributed by atoms with E-state index >= 15 is 0 Å². The molecule has 0 atom stereocenters. The number of hydrogen-bond donors (Lipinski definition) is 2. The summed E-state index contributed by atoms with van der Waals surface area (Å²) in [5, 5.41) is 18.7. The van der Waals surface area contributed by atoms with Crippen LogP contribution < -0.4 is 4.74 Å². The zero-order valence-corrected chi connectivity index (χ0v) is 13.0. The summed E-state index contributed by atoms with van der Waals surface area (Å²) in [5.41, 5.74) is -1.76. The maximum absolute atomic E-state index is 13.4. The van der Waals surface area contributed by atoms with Crippen molar-refractivity contribution in [1.82, 2.24) is 4.90 Å². The van der Waals surface area contributed by atoms with Crippen molar-refractivity contribution in [2.24, 2.45) is 0 Å². The van der Waals surface area contributed by atoms with E-state index in [1.807, 2.05) is 0 Å². The molecule has 1 heterocycles. The highest BCUT2D eigenvalue weighted by Gasteiger charge is 2.40. The highest BCUT2D eigenvalue weighted by molar-refractivity contribution is 5.79. The first-order valence-corrected chi connectivity index (χ1v) is 7.63. The molecule has 0 radical (unpaired) electrons. The number of nitrogens with zero attached hydrogens (tertiary/aromatic N) is 1. The van der Waals surface area contributed by atoms with Crippen molar-refractivity contribution in [1.29, 1.82) is 0 Å². The van der Waals surface area contributed by atoms with Crippen LogP contribution in [0.2, 0.25) is 0 Å². The third kappa shape index (κ3) is 4.41. The zero-order chi connectivity index (χ0) is 17.7. The van der Waals surface area contributed by atoms with Crippen LogP contribution in [0.25, 0.3) is 0 Å². The number of hydrogen-bond acceptors (Lipinski definition) is 4. The van der Waals surface area contributed by atoms with Gasteiger partial charge in [-0.25, -0.2) is 13.6 Å². The van der Waals surface area contributed by atoms with E-state index in [4.69, 9.17) is 9.84 Å². The second-order valence-corrected chi connectivity index (χ2v) is 5.74. The van der Waals surface area contributed by atoms with Crippen molar-refractivity contribution in [3.05, 3.63) is 29.8 Å². The summed E-state index contributed by atoms with van der Waals surface area (Å²) < 4.78 is 31.3. The summed E-state index contributed by atoms with van der Waals surface area (Å²) in [7, 11) is 0. The number of aliphatic hydroxyl groups is 1. The minimum absolute atomic E-state index is 0.00857. The van der Waals surface area contributed by atoms with Gasteiger partial charge in [-0.3, -0.25) is 4.79 Å². The molecule has 0 unspecified atom stereocenters. The number of carbonyl (C=O) groups is 2. The number of rotatable bonds is 6. The largest absolute Gasteiger partial charge is 0.491 e. The highest BCUT2D eigenvalue weighted by Crippen LogP contribution is 2.23. The minimum atomic E-state index is -1.76. The Morgan fingerprint density at radius 1 is 1.25 bits per heavy atom. The standard InChI is InChI=1S/C16H19F2NO5/c17-11-3-4-13(12(18)10-11)24-9-1-2-14(20)19-7-5-16(23,6-8-19)15(21)22/h3-4,10,23H,1-2,5-9H2,(H,21,22). The van der Waals surface area contributed by atoms with Gasteiger partial charge >= 0.3 is 5.97 Å². The van der Waals surface area contributed by atoms with Crippen molar-refractivity contribution >= 4 is 11.9 Å². The first-order valence-electron chi connectivity index (χ1n) is 7.63. The predicted molar refractivity (Wildman–Crippen MR) is 79.5 cm³/mol. The Morgan fingerprint density at radius 3 is 2.50 bits per heavy atom. The Morgan fingerprint density at radius 2 is 1.92 bits per heavy atom. The van der Waals surface area contributed by atoms with E-state index in [-0.39, 0.29) is 50.6 Å². The smallest absolute Gasteiger partial charge is 0.335 e. The van der Waals surface area contributed by atoms with Gasteiger partial charge in [0.25, 0.3) is 0 Å². The van der Waals surface area contributed by atoms with Gasteiger partial charge in [-0.15, -0.1) is 0 Å². The van der Waals surface area contributed by atoms with Crippen LogP contribution in [-0.4, -0.2) is 52.3 Å². The molecule has 1 aromatic carbocycles. The lowest BCUT2D eigenvalue weighted by molar-refractivity contribution is -0.165. The summed E-state index contributed by atoms with van der Waals surface area (Å²) in [6.45, 7) is 0.450. The molecule has 24 heavy (non-hydrogen) atoms. The summed E-state index contributed by atoms with van der Waals surface area (Å²) in [6, 6.07) is 2.99. The summed E-state index contributed by atoms with van der Waals surface area (Å²) in [4.78, 5) is 24.4. The van der Waals surface area contributed by atoms with Crippen molar-refractivity contribution in [3.8, 4) is 5.75 Å². The van der Waals surface area contributed by atoms with E-state index in [1.165, 1.54) is 11.0 Å².